The first-order valence-electron chi connectivity index (χ1n) is 6.74. The fourth-order valence-corrected chi connectivity index (χ4v) is 2.79. The van der Waals surface area contributed by atoms with Crippen LogP contribution >= 0.6 is 15.9 Å². The minimum absolute atomic E-state index is 0.175. The fourth-order valence-electron chi connectivity index (χ4n) is 2.57. The highest BCUT2D eigenvalue weighted by molar-refractivity contribution is 9.10. The summed E-state index contributed by atoms with van der Waals surface area (Å²) in [6.45, 7) is 8.17. The van der Waals surface area contributed by atoms with E-state index in [4.69, 9.17) is 0 Å². The number of rotatable bonds is 3. The lowest BCUT2D eigenvalue weighted by Gasteiger charge is -2.08. The molecule has 0 bridgehead atoms. The molecule has 0 atom stereocenters. The van der Waals surface area contributed by atoms with Gasteiger partial charge in [0.2, 0.25) is 0 Å². The Labute approximate surface area is 129 Å². The van der Waals surface area contributed by atoms with Crippen LogP contribution in [-0.4, -0.2) is 5.78 Å². The van der Waals surface area contributed by atoms with E-state index in [-0.39, 0.29) is 5.78 Å². The summed E-state index contributed by atoms with van der Waals surface area (Å²) >= 11 is 3.54. The molecule has 0 radical (unpaired) electrons. The summed E-state index contributed by atoms with van der Waals surface area (Å²) in [4.78, 5) is 12.4. The molecular weight excluding hydrogens is 312 g/mol. The van der Waals surface area contributed by atoms with Gasteiger partial charge in [0.1, 0.15) is 0 Å². The van der Waals surface area contributed by atoms with Crippen molar-refractivity contribution in [2.45, 2.75) is 34.1 Å². The molecule has 0 spiro atoms. The van der Waals surface area contributed by atoms with Crippen LogP contribution in [0.3, 0.4) is 0 Å². The maximum absolute atomic E-state index is 12.4. The number of carbonyl (C=O) groups excluding carboxylic acids is 1. The molecule has 0 amide bonds. The molecule has 1 nitrogen and oxygen atoms in total. The smallest absolute Gasteiger partial charge is 0.167 e. The molecule has 20 heavy (non-hydrogen) atoms. The number of aryl methyl sites for hydroxylation is 4. The summed E-state index contributed by atoms with van der Waals surface area (Å²) in [7, 11) is 0. The first kappa shape index (κ1) is 15.0. The SMILES string of the molecule is Cc1cc(C)cc(CC(=O)c2cc(C)c(Br)c(C)c2)c1. The van der Waals surface area contributed by atoms with E-state index < -0.39 is 0 Å². The molecule has 0 N–H and O–H groups in total. The van der Waals surface area contributed by atoms with Crippen LogP contribution in [0.2, 0.25) is 0 Å². The molecule has 104 valence electrons. The van der Waals surface area contributed by atoms with Gasteiger partial charge in [-0.05, 0) is 56.5 Å². The molecule has 0 aromatic heterocycles. The summed E-state index contributed by atoms with van der Waals surface area (Å²) in [5, 5.41) is 0. The molecule has 0 unspecified atom stereocenters. The first-order valence-corrected chi connectivity index (χ1v) is 7.53. The zero-order valence-electron chi connectivity index (χ0n) is 12.4. The Morgan fingerprint density at radius 3 is 1.90 bits per heavy atom. The number of benzene rings is 2. The van der Waals surface area contributed by atoms with Crippen molar-refractivity contribution in [1.29, 1.82) is 0 Å². The average molecular weight is 331 g/mol. The van der Waals surface area contributed by atoms with Crippen LogP contribution in [0.25, 0.3) is 0 Å². The molecule has 0 heterocycles. The van der Waals surface area contributed by atoms with Crippen molar-refractivity contribution in [2.75, 3.05) is 0 Å². The van der Waals surface area contributed by atoms with Crippen LogP contribution in [0, 0.1) is 27.7 Å². The van der Waals surface area contributed by atoms with Crippen molar-refractivity contribution in [3.8, 4) is 0 Å². The standard InChI is InChI=1S/C18H19BrO/c1-11-5-12(2)7-15(6-11)10-17(20)16-8-13(3)18(19)14(4)9-16/h5-9H,10H2,1-4H3. The third-order valence-corrected chi connectivity index (χ3v) is 4.66. The minimum atomic E-state index is 0.175. The minimum Gasteiger partial charge on any atom is -0.294 e. The number of Topliss-reactive ketones (excluding diaryl/α,β-unsaturated/α-hetero) is 1. The van der Waals surface area contributed by atoms with Gasteiger partial charge in [0.15, 0.2) is 5.78 Å². The van der Waals surface area contributed by atoms with Gasteiger partial charge in [-0.2, -0.15) is 0 Å². The maximum atomic E-state index is 12.4. The van der Waals surface area contributed by atoms with Crippen LogP contribution in [0.15, 0.2) is 34.8 Å². The third-order valence-electron chi connectivity index (χ3n) is 3.40. The Kier molecular flexibility index (Phi) is 4.44. The topological polar surface area (TPSA) is 17.1 Å². The van der Waals surface area contributed by atoms with Crippen LogP contribution in [0.5, 0.6) is 0 Å². The Balaban J connectivity index is 2.28. The molecule has 0 fully saturated rings. The predicted octanol–water partition coefficient (Wildman–Crippen LogP) is 5.11. The molecule has 2 rings (SSSR count). The van der Waals surface area contributed by atoms with Gasteiger partial charge in [-0.15, -0.1) is 0 Å². The lowest BCUT2D eigenvalue weighted by atomic mass is 9.97. The quantitative estimate of drug-likeness (QED) is 0.715. The van der Waals surface area contributed by atoms with Crippen LogP contribution < -0.4 is 0 Å². The third kappa shape index (κ3) is 3.37. The number of halogens is 1. The van der Waals surface area contributed by atoms with E-state index in [1.807, 2.05) is 26.0 Å². The van der Waals surface area contributed by atoms with Gasteiger partial charge in [-0.3, -0.25) is 4.79 Å². The molecule has 2 heteroatoms. The van der Waals surface area contributed by atoms with E-state index in [0.29, 0.717) is 6.42 Å². The highest BCUT2D eigenvalue weighted by Gasteiger charge is 2.11. The molecular formula is C18H19BrO. The monoisotopic (exact) mass is 330 g/mol. The molecule has 0 aliphatic heterocycles. The lowest BCUT2D eigenvalue weighted by molar-refractivity contribution is 0.0993. The zero-order chi connectivity index (χ0) is 14.9. The van der Waals surface area contributed by atoms with Crippen molar-refractivity contribution in [1.82, 2.24) is 0 Å². The average Bonchev–Trinajstić information content (AvgIpc) is 2.33. The Morgan fingerprint density at radius 2 is 1.40 bits per heavy atom. The predicted molar refractivity (Wildman–Crippen MR) is 87.6 cm³/mol. The lowest BCUT2D eigenvalue weighted by Crippen LogP contribution is -2.05. The maximum Gasteiger partial charge on any atom is 0.167 e. The highest BCUT2D eigenvalue weighted by atomic mass is 79.9. The summed E-state index contributed by atoms with van der Waals surface area (Å²) in [6, 6.07) is 10.2. The molecule has 2 aromatic carbocycles. The first-order chi connectivity index (χ1) is 9.36. The summed E-state index contributed by atoms with van der Waals surface area (Å²) in [5.41, 5.74) is 6.50. The van der Waals surface area contributed by atoms with Crippen molar-refractivity contribution < 1.29 is 4.79 Å². The summed E-state index contributed by atoms with van der Waals surface area (Å²) < 4.78 is 1.08. The fraction of sp³-hybridized carbons (Fsp3) is 0.278. The van der Waals surface area contributed by atoms with Crippen molar-refractivity contribution in [3.63, 3.8) is 0 Å². The molecule has 0 aliphatic rings. The largest absolute Gasteiger partial charge is 0.294 e. The van der Waals surface area contributed by atoms with E-state index in [2.05, 4.69) is 48.0 Å². The van der Waals surface area contributed by atoms with Gasteiger partial charge < -0.3 is 0 Å². The van der Waals surface area contributed by atoms with Crippen LogP contribution in [0.4, 0.5) is 0 Å². The summed E-state index contributed by atoms with van der Waals surface area (Å²) in [6.07, 6.45) is 0.461. The highest BCUT2D eigenvalue weighted by Crippen LogP contribution is 2.23. The van der Waals surface area contributed by atoms with Gasteiger partial charge >= 0.3 is 0 Å². The second-order valence-corrected chi connectivity index (χ2v) is 6.31. The number of ketones is 1. The summed E-state index contributed by atoms with van der Waals surface area (Å²) in [5.74, 6) is 0.175. The van der Waals surface area contributed by atoms with E-state index in [9.17, 15) is 4.79 Å². The van der Waals surface area contributed by atoms with E-state index >= 15 is 0 Å². The number of hydrogen-bond acceptors (Lipinski definition) is 1. The van der Waals surface area contributed by atoms with Gasteiger partial charge in [-0.25, -0.2) is 0 Å². The Bertz CT molecular complexity index is 628. The number of carbonyl (C=O) groups is 1. The molecule has 0 saturated heterocycles. The van der Waals surface area contributed by atoms with Crippen molar-refractivity contribution in [2.24, 2.45) is 0 Å². The molecule has 0 aliphatic carbocycles. The van der Waals surface area contributed by atoms with Crippen molar-refractivity contribution in [3.05, 3.63) is 68.2 Å². The second kappa shape index (κ2) is 5.92. The van der Waals surface area contributed by atoms with Crippen LogP contribution in [-0.2, 0) is 6.42 Å². The van der Waals surface area contributed by atoms with Gasteiger partial charge in [0.05, 0.1) is 0 Å². The van der Waals surface area contributed by atoms with Gasteiger partial charge in [0.25, 0.3) is 0 Å². The molecule has 0 saturated carbocycles. The van der Waals surface area contributed by atoms with Gasteiger partial charge in [0, 0.05) is 16.5 Å². The molecule has 2 aromatic rings. The Morgan fingerprint density at radius 1 is 0.900 bits per heavy atom. The zero-order valence-corrected chi connectivity index (χ0v) is 14.0. The van der Waals surface area contributed by atoms with Crippen LogP contribution in [0.1, 0.15) is 38.2 Å². The number of hydrogen-bond donors (Lipinski definition) is 0. The second-order valence-electron chi connectivity index (χ2n) is 5.52. The Hall–Kier alpha value is -1.41. The van der Waals surface area contributed by atoms with E-state index in [0.717, 1.165) is 26.7 Å². The normalized spacial score (nSPS) is 10.7. The van der Waals surface area contributed by atoms with E-state index in [1.165, 1.54) is 11.1 Å². The van der Waals surface area contributed by atoms with E-state index in [1.54, 1.807) is 0 Å². The van der Waals surface area contributed by atoms with Crippen molar-refractivity contribution >= 4 is 21.7 Å². The van der Waals surface area contributed by atoms with Gasteiger partial charge in [-0.1, -0.05) is 45.3 Å².